The largest absolute Gasteiger partial charge is 0.304 e. The van der Waals surface area contributed by atoms with Gasteiger partial charge in [0.2, 0.25) is 0 Å². The lowest BCUT2D eigenvalue weighted by Crippen LogP contribution is -2.21. The van der Waals surface area contributed by atoms with Crippen molar-refractivity contribution in [1.82, 2.24) is 4.57 Å². The first-order valence-corrected chi connectivity index (χ1v) is 7.83. The van der Waals surface area contributed by atoms with Gasteiger partial charge in [-0.3, -0.25) is 4.79 Å². The molecule has 0 unspecified atom stereocenters. The molecular weight excluding hydrogens is 341 g/mol. The molecule has 0 saturated carbocycles. The molecule has 0 atom stereocenters. The van der Waals surface area contributed by atoms with Gasteiger partial charge in [-0.1, -0.05) is 40.9 Å². The average Bonchev–Trinajstić information content (AvgIpc) is 2.47. The van der Waals surface area contributed by atoms with Crippen LogP contribution in [0.3, 0.4) is 0 Å². The van der Waals surface area contributed by atoms with Crippen LogP contribution < -0.4 is 5.56 Å². The van der Waals surface area contributed by atoms with E-state index < -0.39 is 0 Å². The Morgan fingerprint density at radius 1 is 0.955 bits per heavy atom. The highest BCUT2D eigenvalue weighted by Crippen LogP contribution is 2.25. The third-order valence-corrected chi connectivity index (χ3v) is 4.58. The van der Waals surface area contributed by atoms with Crippen LogP contribution >= 0.6 is 34.8 Å². The first-order chi connectivity index (χ1) is 10.5. The molecule has 0 aliphatic heterocycles. The number of aryl methyl sites for hydroxylation is 1. The van der Waals surface area contributed by atoms with E-state index in [0.29, 0.717) is 21.6 Å². The molecule has 0 saturated heterocycles. The Morgan fingerprint density at radius 2 is 1.73 bits per heavy atom. The molecule has 0 aliphatic carbocycles. The summed E-state index contributed by atoms with van der Waals surface area (Å²) in [5.74, 6) is 0. The number of fused-ring (bicyclic) bond motifs is 1. The summed E-state index contributed by atoms with van der Waals surface area (Å²) < 4.78 is 1.71. The van der Waals surface area contributed by atoms with Crippen molar-refractivity contribution in [1.29, 1.82) is 0 Å². The summed E-state index contributed by atoms with van der Waals surface area (Å²) >= 11 is 18.0. The third-order valence-electron chi connectivity index (χ3n) is 3.60. The van der Waals surface area contributed by atoms with Gasteiger partial charge in [0.05, 0.1) is 22.1 Å². The second-order valence-corrected chi connectivity index (χ2v) is 6.41. The maximum absolute atomic E-state index is 12.4. The average molecular weight is 353 g/mol. The first-order valence-electron chi connectivity index (χ1n) is 6.69. The number of hydrogen-bond acceptors (Lipinski definition) is 1. The quantitative estimate of drug-likeness (QED) is 0.612. The van der Waals surface area contributed by atoms with Gasteiger partial charge < -0.3 is 4.57 Å². The van der Waals surface area contributed by atoms with Crippen molar-refractivity contribution in [3.8, 4) is 0 Å². The summed E-state index contributed by atoms with van der Waals surface area (Å²) in [5, 5.41) is 2.59. The molecule has 0 spiro atoms. The highest BCUT2D eigenvalue weighted by atomic mass is 35.5. The van der Waals surface area contributed by atoms with Crippen molar-refractivity contribution < 1.29 is 0 Å². The van der Waals surface area contributed by atoms with Crippen LogP contribution in [0.15, 0.2) is 47.3 Å². The van der Waals surface area contributed by atoms with Crippen LogP contribution in [0.25, 0.3) is 10.9 Å². The summed E-state index contributed by atoms with van der Waals surface area (Å²) in [6.07, 6.45) is 0. The molecule has 3 aromatic rings. The van der Waals surface area contributed by atoms with Gasteiger partial charge in [-0.25, -0.2) is 0 Å². The standard InChI is InChI=1S/C17H12Cl3NO/c1-10-6-17(22)21(16-5-3-12(18)8-13(10)16)9-11-2-4-14(19)15(20)7-11/h2-8H,9H2,1H3. The number of nitrogens with zero attached hydrogens (tertiary/aromatic N) is 1. The topological polar surface area (TPSA) is 22.0 Å². The molecule has 22 heavy (non-hydrogen) atoms. The maximum Gasteiger partial charge on any atom is 0.251 e. The van der Waals surface area contributed by atoms with Crippen LogP contribution in [-0.2, 0) is 6.54 Å². The number of halogens is 3. The highest BCUT2D eigenvalue weighted by Gasteiger charge is 2.08. The van der Waals surface area contributed by atoms with E-state index in [2.05, 4.69) is 0 Å². The molecule has 5 heteroatoms. The van der Waals surface area contributed by atoms with Crippen molar-refractivity contribution in [2.45, 2.75) is 13.5 Å². The fourth-order valence-corrected chi connectivity index (χ4v) is 3.00. The van der Waals surface area contributed by atoms with E-state index in [1.165, 1.54) is 0 Å². The first kappa shape index (κ1) is 15.4. The second kappa shape index (κ2) is 5.96. The number of benzene rings is 2. The number of pyridine rings is 1. The van der Waals surface area contributed by atoms with E-state index in [-0.39, 0.29) is 5.56 Å². The summed E-state index contributed by atoms with van der Waals surface area (Å²) in [4.78, 5) is 12.4. The molecular formula is C17H12Cl3NO. The van der Waals surface area contributed by atoms with Crippen molar-refractivity contribution in [3.63, 3.8) is 0 Å². The van der Waals surface area contributed by atoms with E-state index in [9.17, 15) is 4.79 Å². The molecule has 2 aromatic carbocycles. The summed E-state index contributed by atoms with van der Waals surface area (Å²) in [6, 6.07) is 12.5. The van der Waals surface area contributed by atoms with Gasteiger partial charge in [0.15, 0.2) is 0 Å². The monoisotopic (exact) mass is 351 g/mol. The Labute approximate surface area is 142 Å². The zero-order chi connectivity index (χ0) is 15.9. The highest BCUT2D eigenvalue weighted by molar-refractivity contribution is 6.42. The molecule has 1 heterocycles. The van der Waals surface area contributed by atoms with Crippen molar-refractivity contribution in [2.24, 2.45) is 0 Å². The second-order valence-electron chi connectivity index (χ2n) is 5.16. The Bertz CT molecular complexity index is 931. The number of aromatic nitrogens is 1. The van der Waals surface area contributed by atoms with Crippen molar-refractivity contribution >= 4 is 45.7 Å². The number of hydrogen-bond donors (Lipinski definition) is 0. The van der Waals surface area contributed by atoms with Gasteiger partial charge in [0.1, 0.15) is 0 Å². The fraction of sp³-hybridized carbons (Fsp3) is 0.118. The number of rotatable bonds is 2. The molecule has 3 rings (SSSR count). The molecule has 0 aliphatic rings. The predicted octanol–water partition coefficient (Wildman–Crippen LogP) is 5.32. The molecule has 0 amide bonds. The van der Waals surface area contributed by atoms with E-state index in [0.717, 1.165) is 22.0 Å². The van der Waals surface area contributed by atoms with Gasteiger partial charge in [-0.2, -0.15) is 0 Å². The SMILES string of the molecule is Cc1cc(=O)n(Cc2ccc(Cl)c(Cl)c2)c2ccc(Cl)cc12. The molecule has 2 nitrogen and oxygen atoms in total. The normalized spacial score (nSPS) is 11.1. The third kappa shape index (κ3) is 2.87. The molecule has 0 fully saturated rings. The van der Waals surface area contributed by atoms with Gasteiger partial charge in [-0.05, 0) is 48.4 Å². The van der Waals surface area contributed by atoms with E-state index in [1.807, 2.05) is 25.1 Å². The Hall–Kier alpha value is -1.48. The van der Waals surface area contributed by atoms with E-state index in [1.54, 1.807) is 28.8 Å². The van der Waals surface area contributed by atoms with Crippen LogP contribution in [0.2, 0.25) is 15.1 Å². The van der Waals surface area contributed by atoms with Crippen molar-refractivity contribution in [2.75, 3.05) is 0 Å². The predicted molar refractivity (Wildman–Crippen MR) is 93.5 cm³/mol. The van der Waals surface area contributed by atoms with Crippen LogP contribution in [-0.4, -0.2) is 4.57 Å². The smallest absolute Gasteiger partial charge is 0.251 e. The molecule has 1 aromatic heterocycles. The molecule has 0 bridgehead atoms. The minimum atomic E-state index is -0.0570. The van der Waals surface area contributed by atoms with Crippen LogP contribution in [0.4, 0.5) is 0 Å². The molecule has 0 N–H and O–H groups in total. The van der Waals surface area contributed by atoms with Crippen molar-refractivity contribution in [3.05, 3.63) is 79.0 Å². The maximum atomic E-state index is 12.4. The summed E-state index contributed by atoms with van der Waals surface area (Å²) in [6.45, 7) is 2.33. The van der Waals surface area contributed by atoms with Gasteiger partial charge in [0.25, 0.3) is 5.56 Å². The van der Waals surface area contributed by atoms with Crippen LogP contribution in [0.1, 0.15) is 11.1 Å². The lowest BCUT2D eigenvalue weighted by molar-refractivity contribution is 0.793. The van der Waals surface area contributed by atoms with Crippen LogP contribution in [0, 0.1) is 6.92 Å². The van der Waals surface area contributed by atoms with Crippen LogP contribution in [0.5, 0.6) is 0 Å². The minimum absolute atomic E-state index is 0.0570. The summed E-state index contributed by atoms with van der Waals surface area (Å²) in [7, 11) is 0. The molecule has 0 radical (unpaired) electrons. The minimum Gasteiger partial charge on any atom is -0.304 e. The van der Waals surface area contributed by atoms with E-state index >= 15 is 0 Å². The van der Waals surface area contributed by atoms with E-state index in [4.69, 9.17) is 34.8 Å². The van der Waals surface area contributed by atoms with Gasteiger partial charge in [-0.15, -0.1) is 0 Å². The Balaban J connectivity index is 2.18. The Morgan fingerprint density at radius 3 is 2.45 bits per heavy atom. The van der Waals surface area contributed by atoms with Gasteiger partial charge in [0, 0.05) is 16.5 Å². The van der Waals surface area contributed by atoms with Gasteiger partial charge >= 0.3 is 0 Å². The molecule has 112 valence electrons. The summed E-state index contributed by atoms with van der Waals surface area (Å²) in [5.41, 5.74) is 2.61. The lowest BCUT2D eigenvalue weighted by atomic mass is 10.1. The zero-order valence-corrected chi connectivity index (χ0v) is 14.0. The zero-order valence-electron chi connectivity index (χ0n) is 11.7. The fourth-order valence-electron chi connectivity index (χ4n) is 2.50. The Kier molecular flexibility index (Phi) is 4.18. The lowest BCUT2D eigenvalue weighted by Gasteiger charge is -2.13.